The third kappa shape index (κ3) is 4.33. The van der Waals surface area contributed by atoms with Gasteiger partial charge in [-0.15, -0.1) is 10.2 Å². The lowest BCUT2D eigenvalue weighted by molar-refractivity contribution is 0.0978. The summed E-state index contributed by atoms with van der Waals surface area (Å²) >= 11 is 12.6. The summed E-state index contributed by atoms with van der Waals surface area (Å²) in [7, 11) is 1.56. The van der Waals surface area contributed by atoms with E-state index in [1.165, 1.54) is 4.80 Å². The number of amides is 1. The first-order valence-electron chi connectivity index (χ1n) is 9.56. The van der Waals surface area contributed by atoms with E-state index in [9.17, 15) is 4.79 Å². The van der Waals surface area contributed by atoms with Crippen molar-refractivity contribution in [2.75, 3.05) is 12.4 Å². The molecule has 0 radical (unpaired) electrons. The normalized spacial score (nSPS) is 11.0. The van der Waals surface area contributed by atoms with E-state index in [4.69, 9.17) is 28.6 Å². The molecule has 0 saturated carbocycles. The fraction of sp³-hybridized carbons (Fsp3) is 0.0476. The first-order chi connectivity index (χ1) is 16.0. The van der Waals surface area contributed by atoms with Gasteiger partial charge in [-0.25, -0.2) is 0 Å². The minimum absolute atomic E-state index is 0.158. The minimum atomic E-state index is -0.342. The van der Waals surface area contributed by atoms with E-state index >= 15 is 0 Å². The fourth-order valence-corrected chi connectivity index (χ4v) is 4.13. The van der Waals surface area contributed by atoms with Crippen LogP contribution in [0.15, 0.2) is 54.6 Å². The van der Waals surface area contributed by atoms with E-state index < -0.39 is 0 Å². The minimum Gasteiger partial charge on any atom is -0.495 e. The summed E-state index contributed by atoms with van der Waals surface area (Å²) in [6.45, 7) is 0. The number of carbonyl (C=O) groups excluding carboxylic acids is 1. The van der Waals surface area contributed by atoms with Crippen molar-refractivity contribution >= 4 is 74.3 Å². The number of halogens is 1. The van der Waals surface area contributed by atoms with Gasteiger partial charge in [0.25, 0.3) is 5.91 Å². The number of benzene rings is 3. The first-order valence-corrected chi connectivity index (χ1v) is 11.1. The topological polar surface area (TPSA) is 107 Å². The quantitative estimate of drug-likeness (QED) is 0.357. The number of hydrogen-bond donors (Lipinski definition) is 2. The average molecular weight is 496 g/mol. The molecular formula is C21H14ClN7O2S2. The second-order valence-corrected chi connectivity index (χ2v) is 8.23. The molecule has 0 unspecified atom stereocenters. The van der Waals surface area contributed by atoms with E-state index in [0.717, 1.165) is 17.2 Å². The number of hydrogen-bond acceptors (Lipinski definition) is 8. The molecule has 1 amide bonds. The highest BCUT2D eigenvalue weighted by atomic mass is 35.5. The van der Waals surface area contributed by atoms with Gasteiger partial charge in [0, 0.05) is 11.3 Å². The maximum Gasteiger partial charge on any atom is 0.257 e. The van der Waals surface area contributed by atoms with Crippen LogP contribution >= 0.6 is 35.5 Å². The molecule has 0 aliphatic carbocycles. The van der Waals surface area contributed by atoms with Crippen LogP contribution in [-0.2, 0) is 0 Å². The molecular weight excluding hydrogens is 482 g/mol. The highest BCUT2D eigenvalue weighted by molar-refractivity contribution is 7.80. The smallest absolute Gasteiger partial charge is 0.257 e. The Morgan fingerprint density at radius 2 is 1.79 bits per heavy atom. The third-order valence-corrected chi connectivity index (χ3v) is 5.80. The van der Waals surface area contributed by atoms with E-state index in [1.807, 2.05) is 6.07 Å². The summed E-state index contributed by atoms with van der Waals surface area (Å²) in [6, 6.07) is 15.8. The Morgan fingerprint density at radius 3 is 2.61 bits per heavy atom. The van der Waals surface area contributed by atoms with E-state index in [2.05, 4.69) is 29.6 Å². The molecule has 0 saturated heterocycles. The van der Waals surface area contributed by atoms with E-state index in [-0.39, 0.29) is 11.0 Å². The Balaban J connectivity index is 1.31. The Morgan fingerprint density at radius 1 is 1.00 bits per heavy atom. The summed E-state index contributed by atoms with van der Waals surface area (Å²) < 4.78 is 13.5. The lowest BCUT2D eigenvalue weighted by Gasteiger charge is -2.09. The first kappa shape index (κ1) is 21.2. The van der Waals surface area contributed by atoms with Crippen molar-refractivity contribution in [1.82, 2.24) is 29.1 Å². The number of anilines is 1. The molecule has 2 heterocycles. The van der Waals surface area contributed by atoms with Gasteiger partial charge in [0.15, 0.2) is 5.11 Å². The number of rotatable bonds is 4. The highest BCUT2D eigenvalue weighted by Crippen LogP contribution is 2.27. The number of thiocarbonyl (C=S) groups is 1. The van der Waals surface area contributed by atoms with E-state index in [1.54, 1.807) is 55.6 Å². The lowest BCUT2D eigenvalue weighted by Crippen LogP contribution is -2.34. The third-order valence-electron chi connectivity index (χ3n) is 4.75. The number of nitrogens with one attached hydrogen (secondary N) is 2. The van der Waals surface area contributed by atoms with Crippen LogP contribution in [0.3, 0.4) is 0 Å². The average Bonchev–Trinajstić information content (AvgIpc) is 3.45. The summed E-state index contributed by atoms with van der Waals surface area (Å²) in [4.78, 5) is 14.0. The molecule has 0 aliphatic rings. The predicted octanol–water partition coefficient (Wildman–Crippen LogP) is 4.21. The zero-order valence-corrected chi connectivity index (χ0v) is 19.3. The largest absolute Gasteiger partial charge is 0.495 e. The van der Waals surface area contributed by atoms with Crippen molar-refractivity contribution in [2.24, 2.45) is 0 Å². The highest BCUT2D eigenvalue weighted by Gasteiger charge is 2.12. The number of methoxy groups -OCH3 is 1. The summed E-state index contributed by atoms with van der Waals surface area (Å²) in [5.74, 6) is 0.230. The maximum absolute atomic E-state index is 12.5. The van der Waals surface area contributed by atoms with Crippen LogP contribution in [0.4, 0.5) is 5.69 Å². The molecule has 0 aliphatic heterocycles. The van der Waals surface area contributed by atoms with Gasteiger partial charge in [0.05, 0.1) is 29.5 Å². The Labute approximate surface area is 201 Å². The zero-order valence-electron chi connectivity index (χ0n) is 16.9. The maximum atomic E-state index is 12.5. The van der Waals surface area contributed by atoms with Crippen LogP contribution in [0, 0.1) is 0 Å². The summed E-state index contributed by atoms with van der Waals surface area (Å²) in [5, 5.41) is 15.3. The molecule has 164 valence electrons. The molecule has 2 aromatic heterocycles. The van der Waals surface area contributed by atoms with Crippen LogP contribution in [0.5, 0.6) is 5.75 Å². The van der Waals surface area contributed by atoms with Crippen LogP contribution < -0.4 is 15.4 Å². The molecule has 9 nitrogen and oxygen atoms in total. The number of carbonyl (C=O) groups is 1. The number of ether oxygens (including phenoxy) is 1. The second-order valence-electron chi connectivity index (χ2n) is 6.89. The molecule has 5 rings (SSSR count). The predicted molar refractivity (Wildman–Crippen MR) is 132 cm³/mol. The van der Waals surface area contributed by atoms with Crippen LogP contribution in [0.1, 0.15) is 10.4 Å². The monoisotopic (exact) mass is 495 g/mol. The van der Waals surface area contributed by atoms with Crippen molar-refractivity contribution < 1.29 is 9.53 Å². The molecule has 0 fully saturated rings. The molecule has 0 spiro atoms. The van der Waals surface area contributed by atoms with Gasteiger partial charge in [-0.3, -0.25) is 10.1 Å². The van der Waals surface area contributed by atoms with Gasteiger partial charge >= 0.3 is 0 Å². The van der Waals surface area contributed by atoms with Crippen molar-refractivity contribution in [3.8, 4) is 11.4 Å². The lowest BCUT2D eigenvalue weighted by atomic mass is 10.2. The Kier molecular flexibility index (Phi) is 5.58. The van der Waals surface area contributed by atoms with Gasteiger partial charge < -0.3 is 10.1 Å². The molecule has 0 bridgehead atoms. The van der Waals surface area contributed by atoms with Gasteiger partial charge in [-0.2, -0.15) is 13.5 Å². The fourth-order valence-electron chi connectivity index (χ4n) is 3.15. The molecule has 0 atom stereocenters. The second kappa shape index (κ2) is 8.70. The Hall–Kier alpha value is -3.67. The number of fused-ring (bicyclic) bond motifs is 2. The zero-order chi connectivity index (χ0) is 22.9. The van der Waals surface area contributed by atoms with Crippen LogP contribution in [0.25, 0.3) is 27.8 Å². The Bertz CT molecular complexity index is 1530. The van der Waals surface area contributed by atoms with Crippen LogP contribution in [-0.4, -0.2) is 41.9 Å². The summed E-state index contributed by atoms with van der Waals surface area (Å²) in [6.07, 6.45) is 0. The molecule has 5 aromatic rings. The van der Waals surface area contributed by atoms with E-state index in [0.29, 0.717) is 44.3 Å². The molecule has 33 heavy (non-hydrogen) atoms. The van der Waals surface area contributed by atoms with Gasteiger partial charge in [-0.05, 0) is 66.8 Å². The van der Waals surface area contributed by atoms with Crippen molar-refractivity contribution in [1.29, 1.82) is 0 Å². The van der Waals surface area contributed by atoms with Gasteiger partial charge in [0.1, 0.15) is 27.8 Å². The summed E-state index contributed by atoms with van der Waals surface area (Å²) in [5.41, 5.74) is 4.54. The number of aromatic nitrogens is 5. The van der Waals surface area contributed by atoms with Gasteiger partial charge in [0.2, 0.25) is 0 Å². The van der Waals surface area contributed by atoms with Crippen molar-refractivity contribution in [3.63, 3.8) is 0 Å². The van der Waals surface area contributed by atoms with Crippen molar-refractivity contribution in [3.05, 3.63) is 65.2 Å². The number of nitrogens with zero attached hydrogens (tertiary/aromatic N) is 5. The SMILES string of the molecule is COc1ccc(-n2nc3ccc(NC(=S)NC(=O)c4ccc5nsnc5c4)cc3n2)cc1Cl. The van der Waals surface area contributed by atoms with Crippen LogP contribution in [0.2, 0.25) is 5.02 Å². The molecule has 12 heteroatoms. The van der Waals surface area contributed by atoms with Gasteiger partial charge in [-0.1, -0.05) is 11.6 Å². The molecule has 3 aromatic carbocycles. The standard InChI is InChI=1S/C21H14ClN7O2S2/c1-31-19-7-4-13(10-14(19)22)29-25-15-6-3-12(9-17(15)26-29)23-21(32)24-20(30)11-2-5-16-18(8-11)28-33-27-16/h2-10H,1H3,(H2,23,24,30,32). The van der Waals surface area contributed by atoms with Crippen molar-refractivity contribution in [2.45, 2.75) is 0 Å². The molecule has 2 N–H and O–H groups in total.